The summed E-state index contributed by atoms with van der Waals surface area (Å²) in [6, 6.07) is -1.06. The highest BCUT2D eigenvalue weighted by Crippen LogP contribution is 2.11. The fourth-order valence-corrected chi connectivity index (χ4v) is 5.51. The van der Waals surface area contributed by atoms with E-state index in [1.807, 2.05) is 6.08 Å². The summed E-state index contributed by atoms with van der Waals surface area (Å²) in [5.74, 6) is -1.000. The summed E-state index contributed by atoms with van der Waals surface area (Å²) in [5.41, 5.74) is 0. The summed E-state index contributed by atoms with van der Waals surface area (Å²) in [6.45, 7) is 4.45. The Labute approximate surface area is 253 Å². The van der Waals surface area contributed by atoms with Crippen molar-refractivity contribution in [3.8, 4) is 0 Å². The first kappa shape index (κ1) is 39.6. The van der Waals surface area contributed by atoms with Gasteiger partial charge < -0.3 is 10.4 Å². The van der Waals surface area contributed by atoms with Gasteiger partial charge in [0.05, 0.1) is 17.9 Å². The number of carbonyl (C=O) groups is 1. The lowest BCUT2D eigenvalue weighted by Crippen LogP contribution is -2.46. The molecule has 0 aromatic carbocycles. The zero-order valence-corrected chi connectivity index (χ0v) is 27.2. The Morgan fingerprint density at radius 1 is 0.659 bits per heavy atom. The Hall–Kier alpha value is -1.44. The van der Waals surface area contributed by atoms with Crippen molar-refractivity contribution >= 4 is 16.0 Å². The van der Waals surface area contributed by atoms with E-state index in [2.05, 4.69) is 43.5 Å². The third-order valence-corrected chi connectivity index (χ3v) is 8.09. The molecule has 41 heavy (non-hydrogen) atoms. The van der Waals surface area contributed by atoms with Crippen molar-refractivity contribution in [1.82, 2.24) is 5.32 Å². The maximum Gasteiger partial charge on any atom is 0.267 e. The number of amides is 1. The van der Waals surface area contributed by atoms with Gasteiger partial charge in [0.15, 0.2) is 0 Å². The Morgan fingerprint density at radius 2 is 1.10 bits per heavy atom. The third kappa shape index (κ3) is 29.8. The molecule has 2 atom stereocenters. The molecule has 240 valence electrons. The standard InChI is InChI=1S/C34H63NO5S/c1-3-5-7-9-11-13-15-16-17-18-19-20-22-24-26-28-30-34(37)35-32(31-41(38,39)40)33(36)29-27-25-23-21-14-12-10-8-6-4-2/h13,15,17-18,27,29,32-33,36H,3-12,14,16,19-26,28,30-31H2,1-2H3,(H,35,37)(H,38,39,40)/b15-13-,18-17-,29-27+. The summed E-state index contributed by atoms with van der Waals surface area (Å²) >= 11 is 0. The van der Waals surface area contributed by atoms with Crippen molar-refractivity contribution in [2.75, 3.05) is 5.75 Å². The molecule has 3 N–H and O–H groups in total. The van der Waals surface area contributed by atoms with E-state index in [0.717, 1.165) is 57.8 Å². The van der Waals surface area contributed by atoms with Crippen LogP contribution < -0.4 is 5.32 Å². The molecule has 0 bridgehead atoms. The number of hydrogen-bond acceptors (Lipinski definition) is 4. The van der Waals surface area contributed by atoms with Gasteiger partial charge in [-0.05, 0) is 51.4 Å². The number of aliphatic hydroxyl groups is 1. The second-order valence-corrected chi connectivity index (χ2v) is 12.9. The average Bonchev–Trinajstić information content (AvgIpc) is 2.92. The van der Waals surface area contributed by atoms with Crippen LogP contribution in [0.5, 0.6) is 0 Å². The van der Waals surface area contributed by atoms with Gasteiger partial charge in [0, 0.05) is 6.42 Å². The van der Waals surface area contributed by atoms with Crippen LogP contribution in [0.3, 0.4) is 0 Å². The van der Waals surface area contributed by atoms with E-state index in [-0.39, 0.29) is 12.3 Å². The Balaban J connectivity index is 4.06. The zero-order valence-electron chi connectivity index (χ0n) is 26.4. The maximum atomic E-state index is 12.4. The van der Waals surface area contributed by atoms with E-state index in [9.17, 15) is 22.9 Å². The summed E-state index contributed by atoms with van der Waals surface area (Å²) in [4.78, 5) is 12.4. The minimum absolute atomic E-state index is 0.279. The van der Waals surface area contributed by atoms with Gasteiger partial charge in [-0.15, -0.1) is 0 Å². The van der Waals surface area contributed by atoms with Gasteiger partial charge in [-0.1, -0.05) is 134 Å². The van der Waals surface area contributed by atoms with Crippen LogP contribution in [0.4, 0.5) is 0 Å². The normalized spacial score (nSPS) is 14.0. The predicted octanol–water partition coefficient (Wildman–Crippen LogP) is 9.01. The number of unbranched alkanes of at least 4 members (excludes halogenated alkanes) is 17. The first-order valence-electron chi connectivity index (χ1n) is 16.7. The largest absolute Gasteiger partial charge is 0.387 e. The molecular formula is C34H63NO5S. The molecule has 0 saturated heterocycles. The Bertz CT molecular complexity index is 791. The zero-order chi connectivity index (χ0) is 30.4. The fraction of sp³-hybridized carbons (Fsp3) is 0.794. The molecule has 7 heteroatoms. The number of rotatable bonds is 29. The smallest absolute Gasteiger partial charge is 0.267 e. The molecule has 0 fully saturated rings. The molecule has 6 nitrogen and oxygen atoms in total. The number of nitrogens with one attached hydrogen (secondary N) is 1. The van der Waals surface area contributed by atoms with Crippen molar-refractivity contribution < 1.29 is 22.9 Å². The van der Waals surface area contributed by atoms with E-state index < -0.39 is 28.0 Å². The third-order valence-electron chi connectivity index (χ3n) is 7.31. The van der Waals surface area contributed by atoms with Gasteiger partial charge in [0.1, 0.15) is 0 Å². The van der Waals surface area contributed by atoms with Crippen LogP contribution in [0.1, 0.15) is 155 Å². The quantitative estimate of drug-likeness (QED) is 0.0453. The fourth-order valence-electron chi connectivity index (χ4n) is 4.77. The van der Waals surface area contributed by atoms with E-state index in [1.54, 1.807) is 0 Å². The minimum Gasteiger partial charge on any atom is -0.387 e. The van der Waals surface area contributed by atoms with E-state index in [0.29, 0.717) is 6.42 Å². The van der Waals surface area contributed by atoms with E-state index in [4.69, 9.17) is 0 Å². The van der Waals surface area contributed by atoms with E-state index >= 15 is 0 Å². The molecule has 0 aliphatic heterocycles. The second-order valence-electron chi connectivity index (χ2n) is 11.4. The molecule has 0 aromatic heterocycles. The molecule has 0 aliphatic carbocycles. The van der Waals surface area contributed by atoms with Crippen LogP contribution in [0.15, 0.2) is 36.5 Å². The van der Waals surface area contributed by atoms with Crippen LogP contribution >= 0.6 is 0 Å². The SMILES string of the molecule is CCCCCC/C=C\C/C=C\CCCCCCCC(=O)NC(CS(=O)(=O)O)C(O)/C=C/CCCCCCCCCC. The van der Waals surface area contributed by atoms with Gasteiger partial charge in [0.25, 0.3) is 10.1 Å². The molecule has 0 radical (unpaired) electrons. The molecule has 0 aromatic rings. The lowest BCUT2D eigenvalue weighted by molar-refractivity contribution is -0.122. The molecule has 0 heterocycles. The van der Waals surface area contributed by atoms with Crippen LogP contribution in [0.2, 0.25) is 0 Å². The van der Waals surface area contributed by atoms with Crippen molar-refractivity contribution in [3.05, 3.63) is 36.5 Å². The molecule has 1 amide bonds. The highest BCUT2D eigenvalue weighted by atomic mass is 32.2. The first-order chi connectivity index (χ1) is 19.8. The van der Waals surface area contributed by atoms with Gasteiger partial charge in [-0.2, -0.15) is 8.42 Å². The van der Waals surface area contributed by atoms with Gasteiger partial charge in [0.2, 0.25) is 5.91 Å². The lowest BCUT2D eigenvalue weighted by Gasteiger charge is -2.21. The van der Waals surface area contributed by atoms with Gasteiger partial charge in [-0.25, -0.2) is 0 Å². The Morgan fingerprint density at radius 3 is 1.61 bits per heavy atom. The van der Waals surface area contributed by atoms with Crippen LogP contribution in [0, 0.1) is 0 Å². The molecule has 0 rings (SSSR count). The van der Waals surface area contributed by atoms with Crippen molar-refractivity contribution in [3.63, 3.8) is 0 Å². The highest BCUT2D eigenvalue weighted by Gasteiger charge is 2.24. The molecule has 0 saturated carbocycles. The molecule has 0 spiro atoms. The van der Waals surface area contributed by atoms with Crippen LogP contribution in [-0.4, -0.2) is 41.9 Å². The molecule has 2 unspecified atom stereocenters. The Kier molecular flexibility index (Phi) is 27.7. The lowest BCUT2D eigenvalue weighted by atomic mass is 10.1. The predicted molar refractivity (Wildman–Crippen MR) is 175 cm³/mol. The summed E-state index contributed by atoms with van der Waals surface area (Å²) in [6.07, 6.45) is 35.5. The number of aliphatic hydroxyl groups excluding tert-OH is 1. The van der Waals surface area contributed by atoms with Crippen molar-refractivity contribution in [2.24, 2.45) is 0 Å². The summed E-state index contributed by atoms with van der Waals surface area (Å²) < 4.78 is 32.2. The monoisotopic (exact) mass is 597 g/mol. The average molecular weight is 598 g/mol. The van der Waals surface area contributed by atoms with E-state index in [1.165, 1.54) is 76.7 Å². The highest BCUT2D eigenvalue weighted by molar-refractivity contribution is 7.85. The molecular weight excluding hydrogens is 534 g/mol. The summed E-state index contributed by atoms with van der Waals surface area (Å²) in [7, 11) is -4.34. The van der Waals surface area contributed by atoms with Gasteiger partial charge in [-0.3, -0.25) is 9.35 Å². The summed E-state index contributed by atoms with van der Waals surface area (Å²) in [5, 5.41) is 13.1. The first-order valence-corrected chi connectivity index (χ1v) is 18.3. The maximum absolute atomic E-state index is 12.4. The van der Waals surface area contributed by atoms with Crippen molar-refractivity contribution in [1.29, 1.82) is 0 Å². The number of allylic oxidation sites excluding steroid dienone is 5. The number of carbonyl (C=O) groups excluding carboxylic acids is 1. The van der Waals surface area contributed by atoms with Crippen molar-refractivity contribution in [2.45, 2.75) is 167 Å². The van der Waals surface area contributed by atoms with Crippen LogP contribution in [-0.2, 0) is 14.9 Å². The molecule has 0 aliphatic rings. The van der Waals surface area contributed by atoms with Gasteiger partial charge >= 0.3 is 0 Å². The van der Waals surface area contributed by atoms with Crippen LogP contribution in [0.25, 0.3) is 0 Å². The topological polar surface area (TPSA) is 104 Å². The minimum atomic E-state index is -4.34. The second kappa shape index (κ2) is 28.7. The number of hydrogen-bond donors (Lipinski definition) is 3.